The van der Waals surface area contributed by atoms with E-state index in [9.17, 15) is 14.9 Å². The van der Waals surface area contributed by atoms with Crippen LogP contribution in [0.1, 0.15) is 25.5 Å². The zero-order valence-corrected chi connectivity index (χ0v) is 14.4. The number of aromatic nitrogens is 3. The van der Waals surface area contributed by atoms with Gasteiger partial charge in [0.15, 0.2) is 5.75 Å². The highest BCUT2D eigenvalue weighted by Crippen LogP contribution is 2.38. The maximum absolute atomic E-state index is 12.5. The number of methoxy groups -OCH3 is 1. The summed E-state index contributed by atoms with van der Waals surface area (Å²) in [5, 5.41) is 18.5. The maximum Gasteiger partial charge on any atom is 0.338 e. The van der Waals surface area contributed by atoms with Crippen LogP contribution in [0, 0.1) is 10.1 Å². The van der Waals surface area contributed by atoms with Gasteiger partial charge in [-0.2, -0.15) is 10.1 Å². The molecule has 1 atom stereocenters. The van der Waals surface area contributed by atoms with Crippen LogP contribution < -0.4 is 10.1 Å². The summed E-state index contributed by atoms with van der Waals surface area (Å²) < 4.78 is 11.7. The van der Waals surface area contributed by atoms with E-state index in [2.05, 4.69) is 15.4 Å². The Balaban J connectivity index is 2.18. The summed E-state index contributed by atoms with van der Waals surface area (Å²) >= 11 is 0. The van der Waals surface area contributed by atoms with Gasteiger partial charge in [-0.3, -0.25) is 10.1 Å². The van der Waals surface area contributed by atoms with Gasteiger partial charge in [-0.15, -0.1) is 0 Å². The lowest BCUT2D eigenvalue weighted by Gasteiger charge is -2.28. The Morgan fingerprint density at radius 1 is 1.46 bits per heavy atom. The van der Waals surface area contributed by atoms with Crippen LogP contribution in [0.3, 0.4) is 0 Å². The number of hydrogen-bond acceptors (Lipinski definition) is 8. The Bertz CT molecular complexity index is 904. The third-order valence-corrected chi connectivity index (χ3v) is 4.01. The fraction of sp³-hybridized carbons (Fsp3) is 0.312. The van der Waals surface area contributed by atoms with Crippen LogP contribution in [-0.2, 0) is 9.53 Å². The van der Waals surface area contributed by atoms with Gasteiger partial charge < -0.3 is 14.8 Å². The van der Waals surface area contributed by atoms with E-state index in [-0.39, 0.29) is 18.0 Å². The van der Waals surface area contributed by atoms with Crippen LogP contribution in [0.25, 0.3) is 0 Å². The van der Waals surface area contributed by atoms with E-state index in [4.69, 9.17) is 9.47 Å². The molecule has 0 radical (unpaired) electrons. The highest BCUT2D eigenvalue weighted by molar-refractivity contribution is 5.92. The standard InChI is InChI=1S/C16H17N5O5/c1-4-26-15(22)13-9(2)19-16-17-8-18-20(16)14(13)10-5-6-12(25-3)11(7-10)21(23)24/h5-8,14H,4H2,1-3H3,(H,17,18,19)/t14-/m1/s1. The topological polar surface area (TPSA) is 121 Å². The first-order valence-corrected chi connectivity index (χ1v) is 7.84. The highest BCUT2D eigenvalue weighted by atomic mass is 16.6. The third-order valence-electron chi connectivity index (χ3n) is 4.01. The normalized spacial score (nSPS) is 15.9. The molecule has 1 N–H and O–H groups in total. The summed E-state index contributed by atoms with van der Waals surface area (Å²) in [6, 6.07) is 3.80. The second-order valence-electron chi connectivity index (χ2n) is 5.50. The Labute approximate surface area is 148 Å². The smallest absolute Gasteiger partial charge is 0.338 e. The minimum Gasteiger partial charge on any atom is -0.490 e. The molecule has 0 aliphatic carbocycles. The molecule has 1 aliphatic heterocycles. The molecule has 2 aromatic rings. The van der Waals surface area contributed by atoms with Crippen molar-refractivity contribution in [1.29, 1.82) is 0 Å². The van der Waals surface area contributed by atoms with Gasteiger partial charge in [0.2, 0.25) is 5.95 Å². The van der Waals surface area contributed by atoms with Crippen LogP contribution in [0.2, 0.25) is 0 Å². The molecule has 3 rings (SSSR count). The van der Waals surface area contributed by atoms with E-state index in [1.807, 2.05) is 0 Å². The fourth-order valence-electron chi connectivity index (χ4n) is 2.89. The number of hydrogen-bond donors (Lipinski definition) is 1. The van der Waals surface area contributed by atoms with Gasteiger partial charge in [0.25, 0.3) is 0 Å². The van der Waals surface area contributed by atoms with Crippen LogP contribution in [-0.4, -0.2) is 39.4 Å². The molecule has 0 saturated carbocycles. The molecule has 0 unspecified atom stereocenters. The lowest BCUT2D eigenvalue weighted by atomic mass is 9.95. The Morgan fingerprint density at radius 2 is 2.23 bits per heavy atom. The van der Waals surface area contributed by atoms with Crippen LogP contribution in [0.5, 0.6) is 5.75 Å². The van der Waals surface area contributed by atoms with Gasteiger partial charge in [-0.05, 0) is 25.5 Å². The molecule has 0 spiro atoms. The monoisotopic (exact) mass is 359 g/mol. The zero-order chi connectivity index (χ0) is 18.8. The molecule has 0 amide bonds. The first-order valence-electron chi connectivity index (χ1n) is 7.84. The number of anilines is 1. The number of esters is 1. The summed E-state index contributed by atoms with van der Waals surface area (Å²) in [6.45, 7) is 3.63. The molecule has 0 saturated heterocycles. The molecule has 10 heteroatoms. The van der Waals surface area contributed by atoms with E-state index in [1.54, 1.807) is 19.9 Å². The maximum atomic E-state index is 12.5. The molecule has 1 aromatic carbocycles. The van der Waals surface area contributed by atoms with E-state index >= 15 is 0 Å². The molecule has 136 valence electrons. The second-order valence-corrected chi connectivity index (χ2v) is 5.50. The van der Waals surface area contributed by atoms with Crippen molar-refractivity contribution in [2.45, 2.75) is 19.9 Å². The van der Waals surface area contributed by atoms with Crippen molar-refractivity contribution in [2.24, 2.45) is 0 Å². The van der Waals surface area contributed by atoms with Crippen molar-refractivity contribution in [1.82, 2.24) is 14.8 Å². The summed E-state index contributed by atoms with van der Waals surface area (Å²) in [5.74, 6) is 0.0334. The second kappa shape index (κ2) is 6.82. The van der Waals surface area contributed by atoms with Gasteiger partial charge in [0.1, 0.15) is 12.4 Å². The summed E-state index contributed by atoms with van der Waals surface area (Å²) in [7, 11) is 1.36. The Kier molecular flexibility index (Phi) is 4.57. The number of ether oxygens (including phenoxy) is 2. The van der Waals surface area contributed by atoms with Crippen molar-refractivity contribution in [2.75, 3.05) is 19.0 Å². The van der Waals surface area contributed by atoms with E-state index in [0.717, 1.165) is 0 Å². The van der Waals surface area contributed by atoms with Gasteiger partial charge in [0.05, 0.1) is 24.2 Å². The summed E-state index contributed by atoms with van der Waals surface area (Å²) in [6.07, 6.45) is 1.34. The first-order chi connectivity index (χ1) is 12.5. The zero-order valence-electron chi connectivity index (χ0n) is 14.4. The van der Waals surface area contributed by atoms with Crippen molar-refractivity contribution >= 4 is 17.6 Å². The molecule has 26 heavy (non-hydrogen) atoms. The summed E-state index contributed by atoms with van der Waals surface area (Å²) in [4.78, 5) is 27.5. The number of rotatable bonds is 5. The van der Waals surface area contributed by atoms with Crippen LogP contribution in [0.15, 0.2) is 35.8 Å². The van der Waals surface area contributed by atoms with Crippen molar-refractivity contribution in [3.8, 4) is 5.75 Å². The molecular weight excluding hydrogens is 342 g/mol. The van der Waals surface area contributed by atoms with Gasteiger partial charge in [0, 0.05) is 11.8 Å². The number of fused-ring (bicyclic) bond motifs is 1. The molecule has 0 bridgehead atoms. The molecule has 1 aliphatic rings. The lowest BCUT2D eigenvalue weighted by molar-refractivity contribution is -0.385. The average molecular weight is 359 g/mol. The number of carbonyl (C=O) groups is 1. The Hall–Kier alpha value is -3.43. The van der Waals surface area contributed by atoms with Crippen molar-refractivity contribution in [3.63, 3.8) is 0 Å². The van der Waals surface area contributed by atoms with E-state index < -0.39 is 16.9 Å². The molecular formula is C16H17N5O5. The average Bonchev–Trinajstić information content (AvgIpc) is 3.07. The predicted octanol–water partition coefficient (Wildman–Crippen LogP) is 2.05. The van der Waals surface area contributed by atoms with E-state index in [0.29, 0.717) is 22.8 Å². The van der Waals surface area contributed by atoms with Gasteiger partial charge in [-0.25, -0.2) is 9.48 Å². The molecule has 2 heterocycles. The fourth-order valence-corrected chi connectivity index (χ4v) is 2.89. The number of benzene rings is 1. The summed E-state index contributed by atoms with van der Waals surface area (Å²) in [5.41, 5.74) is 1.15. The lowest BCUT2D eigenvalue weighted by Crippen LogP contribution is -2.29. The number of nitro groups is 1. The minimum atomic E-state index is -0.711. The highest BCUT2D eigenvalue weighted by Gasteiger charge is 2.35. The number of allylic oxidation sites excluding steroid dienone is 1. The van der Waals surface area contributed by atoms with E-state index in [1.165, 1.54) is 30.3 Å². The minimum absolute atomic E-state index is 0.130. The molecule has 0 fully saturated rings. The van der Waals surface area contributed by atoms with Crippen molar-refractivity contribution < 1.29 is 19.2 Å². The number of carbonyl (C=O) groups excluding carboxylic acids is 1. The van der Waals surface area contributed by atoms with Crippen LogP contribution >= 0.6 is 0 Å². The quantitative estimate of drug-likeness (QED) is 0.489. The van der Waals surface area contributed by atoms with Crippen LogP contribution in [0.4, 0.5) is 11.6 Å². The molecule has 1 aromatic heterocycles. The largest absolute Gasteiger partial charge is 0.490 e. The van der Waals surface area contributed by atoms with Gasteiger partial charge >= 0.3 is 11.7 Å². The molecule has 10 nitrogen and oxygen atoms in total. The Morgan fingerprint density at radius 3 is 2.88 bits per heavy atom. The van der Waals surface area contributed by atoms with Crippen molar-refractivity contribution in [3.05, 3.63) is 51.5 Å². The SMILES string of the molecule is CCOC(=O)C1=C(C)Nc2ncnn2[C@@H]1c1ccc(OC)c([N+](=O)[O-])c1. The first kappa shape index (κ1) is 17.4. The van der Waals surface area contributed by atoms with Gasteiger partial charge in [-0.1, -0.05) is 6.07 Å². The number of nitrogens with one attached hydrogen (secondary N) is 1. The third kappa shape index (κ3) is 2.85. The number of nitro benzene ring substituents is 1. The predicted molar refractivity (Wildman–Crippen MR) is 90.8 cm³/mol. The number of nitrogens with zero attached hydrogens (tertiary/aromatic N) is 4.